The lowest BCUT2D eigenvalue weighted by Crippen LogP contribution is -2.03. The van der Waals surface area contributed by atoms with E-state index in [-0.39, 0.29) is 5.43 Å². The zero-order valence-corrected chi connectivity index (χ0v) is 14.5. The summed E-state index contributed by atoms with van der Waals surface area (Å²) >= 11 is 0. The van der Waals surface area contributed by atoms with Gasteiger partial charge in [0.1, 0.15) is 11.5 Å². The summed E-state index contributed by atoms with van der Waals surface area (Å²) in [5.74, 6) is 0.467. The van der Waals surface area contributed by atoms with Crippen LogP contribution in [0.1, 0.15) is 5.56 Å². The van der Waals surface area contributed by atoms with Crippen molar-refractivity contribution in [2.75, 3.05) is 7.11 Å². The summed E-state index contributed by atoms with van der Waals surface area (Å²) in [7, 11) is 3.46. The smallest absolute Gasteiger partial charge is 0.193 e. The normalized spacial score (nSPS) is 11.2. The van der Waals surface area contributed by atoms with Gasteiger partial charge in [-0.1, -0.05) is 24.3 Å². The predicted octanol–water partition coefficient (Wildman–Crippen LogP) is 3.40. The molecular weight excluding hydrogens is 330 g/mol. The van der Waals surface area contributed by atoms with Crippen molar-refractivity contribution < 1.29 is 9.15 Å². The molecule has 6 nitrogen and oxygen atoms in total. The largest absolute Gasteiger partial charge is 0.453 e. The number of aromatic nitrogens is 3. The van der Waals surface area contributed by atoms with Crippen molar-refractivity contribution >= 4 is 11.0 Å². The Kier molecular flexibility index (Phi) is 4.10. The molecule has 0 radical (unpaired) electrons. The number of rotatable bonds is 4. The third-order valence-electron chi connectivity index (χ3n) is 4.21. The molecule has 0 bridgehead atoms. The summed E-state index contributed by atoms with van der Waals surface area (Å²) < 4.78 is 13.1. The van der Waals surface area contributed by atoms with Gasteiger partial charge in [0.15, 0.2) is 11.0 Å². The Morgan fingerprint density at radius 3 is 2.85 bits per heavy atom. The van der Waals surface area contributed by atoms with Gasteiger partial charge in [-0.2, -0.15) is 5.10 Å². The molecule has 0 spiro atoms. The monoisotopic (exact) mass is 347 g/mol. The summed E-state index contributed by atoms with van der Waals surface area (Å²) in [4.78, 5) is 17.1. The van der Waals surface area contributed by atoms with Crippen molar-refractivity contribution in [3.8, 4) is 22.6 Å². The van der Waals surface area contributed by atoms with E-state index in [4.69, 9.17) is 9.15 Å². The standard InChI is InChI=1S/C20H17N3O3/c1-23-11-14(10-22-23)18-9-17(24)16-7-8-21-19(20(16)26-18)15-6-4-3-5-13(15)12-25-2/h3-11H,12H2,1-2H3. The molecule has 4 aromatic rings. The molecule has 0 aliphatic carbocycles. The van der Waals surface area contributed by atoms with Crippen LogP contribution in [0.3, 0.4) is 0 Å². The molecule has 0 aliphatic rings. The van der Waals surface area contributed by atoms with E-state index in [1.807, 2.05) is 31.3 Å². The van der Waals surface area contributed by atoms with Crippen molar-refractivity contribution in [2.45, 2.75) is 6.61 Å². The van der Waals surface area contributed by atoms with E-state index < -0.39 is 0 Å². The van der Waals surface area contributed by atoms with E-state index in [0.29, 0.717) is 29.0 Å². The lowest BCUT2D eigenvalue weighted by Gasteiger charge is -2.10. The number of nitrogens with zero attached hydrogens (tertiary/aromatic N) is 3. The van der Waals surface area contributed by atoms with E-state index in [2.05, 4.69) is 10.1 Å². The van der Waals surface area contributed by atoms with Gasteiger partial charge >= 0.3 is 0 Å². The highest BCUT2D eigenvalue weighted by Crippen LogP contribution is 2.30. The first-order valence-electron chi connectivity index (χ1n) is 8.16. The molecule has 26 heavy (non-hydrogen) atoms. The van der Waals surface area contributed by atoms with Gasteiger partial charge in [0.05, 0.1) is 23.8 Å². The number of methoxy groups -OCH3 is 1. The SMILES string of the molecule is COCc1ccccc1-c1nccc2c(=O)cc(-c3cnn(C)c3)oc12. The van der Waals surface area contributed by atoms with Crippen LogP contribution in [0.5, 0.6) is 0 Å². The maximum absolute atomic E-state index is 12.6. The summed E-state index contributed by atoms with van der Waals surface area (Å²) in [6.45, 7) is 0.445. The first kappa shape index (κ1) is 16.2. The molecule has 0 unspecified atom stereocenters. The molecule has 0 saturated heterocycles. The minimum atomic E-state index is -0.113. The average molecular weight is 347 g/mol. The molecule has 6 heteroatoms. The third-order valence-corrected chi connectivity index (χ3v) is 4.21. The number of fused-ring (bicyclic) bond motifs is 1. The van der Waals surface area contributed by atoms with E-state index >= 15 is 0 Å². The van der Waals surface area contributed by atoms with Crippen LogP contribution in [0.15, 0.2) is 64.2 Å². The van der Waals surface area contributed by atoms with Crippen LogP contribution in [-0.2, 0) is 18.4 Å². The zero-order valence-electron chi connectivity index (χ0n) is 14.5. The summed E-state index contributed by atoms with van der Waals surface area (Å²) in [6, 6.07) is 11.0. The van der Waals surface area contributed by atoms with Crippen LogP contribution in [0.2, 0.25) is 0 Å². The van der Waals surface area contributed by atoms with Crippen molar-refractivity contribution in [3.63, 3.8) is 0 Å². The second-order valence-corrected chi connectivity index (χ2v) is 6.00. The molecule has 3 heterocycles. The fourth-order valence-electron chi connectivity index (χ4n) is 3.00. The highest BCUT2D eigenvalue weighted by atomic mass is 16.5. The van der Waals surface area contributed by atoms with Gasteiger partial charge in [-0.05, 0) is 11.6 Å². The van der Waals surface area contributed by atoms with Gasteiger partial charge < -0.3 is 9.15 Å². The Hall–Kier alpha value is -3.25. The maximum atomic E-state index is 12.6. The quantitative estimate of drug-likeness (QED) is 0.566. The van der Waals surface area contributed by atoms with Gasteiger partial charge in [0, 0.05) is 38.2 Å². The Labute approximate surface area is 149 Å². The molecule has 0 aliphatic heterocycles. The first-order valence-corrected chi connectivity index (χ1v) is 8.16. The average Bonchev–Trinajstić information content (AvgIpc) is 3.09. The van der Waals surface area contributed by atoms with Crippen LogP contribution < -0.4 is 5.43 Å². The number of pyridine rings is 1. The lowest BCUT2D eigenvalue weighted by molar-refractivity contribution is 0.185. The van der Waals surface area contributed by atoms with Crippen molar-refractivity contribution in [2.24, 2.45) is 7.05 Å². The van der Waals surface area contributed by atoms with E-state index in [9.17, 15) is 4.79 Å². The minimum Gasteiger partial charge on any atom is -0.453 e. The third kappa shape index (κ3) is 2.80. The number of benzene rings is 1. The summed E-state index contributed by atoms with van der Waals surface area (Å²) in [6.07, 6.45) is 5.10. The molecular formula is C20H17N3O3. The molecule has 0 N–H and O–H groups in total. The molecule has 3 aromatic heterocycles. The fraction of sp³-hybridized carbons (Fsp3) is 0.150. The van der Waals surface area contributed by atoms with Crippen molar-refractivity contribution in [3.05, 3.63) is 70.8 Å². The lowest BCUT2D eigenvalue weighted by atomic mass is 10.0. The van der Waals surface area contributed by atoms with Crippen LogP contribution in [-0.4, -0.2) is 21.9 Å². The van der Waals surface area contributed by atoms with Gasteiger partial charge in [0.2, 0.25) is 0 Å². The minimum absolute atomic E-state index is 0.113. The fourth-order valence-corrected chi connectivity index (χ4v) is 3.00. The van der Waals surface area contributed by atoms with E-state index in [1.165, 1.54) is 6.07 Å². The second kappa shape index (κ2) is 6.57. The zero-order chi connectivity index (χ0) is 18.1. The molecule has 0 atom stereocenters. The van der Waals surface area contributed by atoms with Crippen LogP contribution >= 0.6 is 0 Å². The highest BCUT2D eigenvalue weighted by molar-refractivity contribution is 5.91. The molecule has 0 amide bonds. The van der Waals surface area contributed by atoms with Gasteiger partial charge in [-0.3, -0.25) is 14.5 Å². The molecule has 0 saturated carbocycles. The number of aryl methyl sites for hydroxylation is 1. The van der Waals surface area contributed by atoms with Gasteiger partial charge in [0.25, 0.3) is 0 Å². The summed E-state index contributed by atoms with van der Waals surface area (Å²) in [5.41, 5.74) is 3.57. The molecule has 130 valence electrons. The van der Waals surface area contributed by atoms with Gasteiger partial charge in [-0.15, -0.1) is 0 Å². The topological polar surface area (TPSA) is 70.2 Å². The Balaban J connectivity index is 1.99. The van der Waals surface area contributed by atoms with Crippen LogP contribution in [0.25, 0.3) is 33.6 Å². The van der Waals surface area contributed by atoms with Gasteiger partial charge in [-0.25, -0.2) is 0 Å². The van der Waals surface area contributed by atoms with E-state index in [0.717, 1.165) is 16.7 Å². The molecule has 0 fully saturated rings. The molecule has 4 rings (SSSR count). The Morgan fingerprint density at radius 2 is 2.08 bits per heavy atom. The van der Waals surface area contributed by atoms with Crippen LogP contribution in [0, 0.1) is 0 Å². The number of hydrogen-bond acceptors (Lipinski definition) is 5. The summed E-state index contributed by atoms with van der Waals surface area (Å²) in [5, 5.41) is 4.64. The van der Waals surface area contributed by atoms with Crippen molar-refractivity contribution in [1.29, 1.82) is 0 Å². The van der Waals surface area contributed by atoms with Crippen molar-refractivity contribution in [1.82, 2.24) is 14.8 Å². The predicted molar refractivity (Wildman–Crippen MR) is 98.6 cm³/mol. The number of hydrogen-bond donors (Lipinski definition) is 0. The first-order chi connectivity index (χ1) is 12.7. The maximum Gasteiger partial charge on any atom is 0.193 e. The second-order valence-electron chi connectivity index (χ2n) is 6.00. The Morgan fingerprint density at radius 1 is 1.23 bits per heavy atom. The van der Waals surface area contributed by atoms with E-state index in [1.54, 1.807) is 36.4 Å². The van der Waals surface area contributed by atoms with Crippen LogP contribution in [0.4, 0.5) is 0 Å². The Bertz CT molecular complexity index is 1140. The highest BCUT2D eigenvalue weighted by Gasteiger charge is 2.15. The number of ether oxygens (including phenoxy) is 1. The molecule has 1 aromatic carbocycles.